The number of benzene rings is 2. The van der Waals surface area contributed by atoms with Crippen LogP contribution in [0.25, 0.3) is 0 Å². The average molecular weight is 345 g/mol. The van der Waals surface area contributed by atoms with Gasteiger partial charge in [0.05, 0.1) is 5.97 Å². The molecule has 0 radical (unpaired) electrons. The Balaban J connectivity index is 0.00000225. The van der Waals surface area contributed by atoms with Crippen LogP contribution in [0, 0.1) is 12.8 Å². The third kappa shape index (κ3) is 4.95. The molecule has 0 spiro atoms. The van der Waals surface area contributed by atoms with Gasteiger partial charge in [0.1, 0.15) is 0 Å². The molecule has 1 aliphatic carbocycles. The van der Waals surface area contributed by atoms with Crippen molar-refractivity contribution in [3.63, 3.8) is 0 Å². The number of carboxylic acid groups (broad SMARTS) is 1. The van der Waals surface area contributed by atoms with Gasteiger partial charge in [-0.3, -0.25) is 0 Å². The predicted molar refractivity (Wildman–Crippen MR) is 93.8 cm³/mol. The molecule has 0 aromatic heterocycles. The second-order valence-electron chi connectivity index (χ2n) is 6.96. The minimum atomic E-state index is -1.01. The number of carbonyl (C=O) groups is 1. The van der Waals surface area contributed by atoms with Gasteiger partial charge in [-0.15, -0.1) is 0 Å². The zero-order valence-electron chi connectivity index (χ0n) is 15.4. The van der Waals surface area contributed by atoms with E-state index in [1.165, 1.54) is 22.3 Å². The summed E-state index contributed by atoms with van der Waals surface area (Å²) in [4.78, 5) is 12.8. The number of fused-ring (bicyclic) bond motifs is 1. The molecule has 0 aliphatic heterocycles. The van der Waals surface area contributed by atoms with Crippen LogP contribution in [0.2, 0.25) is 0 Å². The standard InChI is InChI=1S/C21H25NO2.Na/c1-15-8-11-19-17(12-15)9-10-18(13-22(2)14-20(23)24)21(19)16-6-4-3-5-7-16;/h3-8,11-12,18,21H,9-10,13-14H2,1-2H3,(H,23,24);/q;+1/p-1/t18-,21+;/m1./s1. The molecule has 0 heterocycles. The van der Waals surface area contributed by atoms with E-state index in [0.29, 0.717) is 11.8 Å². The van der Waals surface area contributed by atoms with Crippen LogP contribution in [0.5, 0.6) is 0 Å². The molecule has 0 saturated heterocycles. The molecule has 2 aromatic carbocycles. The number of hydrogen-bond acceptors (Lipinski definition) is 3. The van der Waals surface area contributed by atoms with Crippen molar-refractivity contribution in [2.75, 3.05) is 20.1 Å². The Morgan fingerprint density at radius 1 is 1.20 bits per heavy atom. The van der Waals surface area contributed by atoms with Crippen LogP contribution in [-0.4, -0.2) is 31.0 Å². The minimum Gasteiger partial charge on any atom is -0.549 e. The van der Waals surface area contributed by atoms with Gasteiger partial charge in [0, 0.05) is 19.0 Å². The second kappa shape index (κ2) is 9.00. The molecule has 0 amide bonds. The van der Waals surface area contributed by atoms with Gasteiger partial charge in [-0.05, 0) is 49.4 Å². The molecule has 0 bridgehead atoms. The summed E-state index contributed by atoms with van der Waals surface area (Å²) in [6.45, 7) is 2.89. The second-order valence-corrected chi connectivity index (χ2v) is 6.96. The maximum absolute atomic E-state index is 10.9. The summed E-state index contributed by atoms with van der Waals surface area (Å²) in [7, 11) is 1.86. The van der Waals surface area contributed by atoms with Crippen molar-refractivity contribution in [2.24, 2.45) is 5.92 Å². The van der Waals surface area contributed by atoms with E-state index in [1.807, 2.05) is 18.0 Å². The first-order valence-electron chi connectivity index (χ1n) is 8.57. The monoisotopic (exact) mass is 345 g/mol. The van der Waals surface area contributed by atoms with Gasteiger partial charge in [0.2, 0.25) is 0 Å². The smallest absolute Gasteiger partial charge is 0.549 e. The van der Waals surface area contributed by atoms with Gasteiger partial charge in [0.15, 0.2) is 0 Å². The van der Waals surface area contributed by atoms with E-state index in [1.54, 1.807) is 0 Å². The SMILES string of the molecule is Cc1ccc2c(c1)CC[C@H](CN(C)CC(=O)[O-])[C@@H]2c1ccccc1.[Na+]. The van der Waals surface area contributed by atoms with Gasteiger partial charge in [0.25, 0.3) is 0 Å². The maximum atomic E-state index is 10.9. The van der Waals surface area contributed by atoms with Crippen LogP contribution in [0.3, 0.4) is 0 Å². The fourth-order valence-electron chi connectivity index (χ4n) is 4.01. The van der Waals surface area contributed by atoms with Crippen molar-refractivity contribution in [3.05, 3.63) is 70.8 Å². The van der Waals surface area contributed by atoms with Gasteiger partial charge < -0.3 is 14.8 Å². The topological polar surface area (TPSA) is 43.4 Å². The largest absolute Gasteiger partial charge is 1.00 e. The first-order chi connectivity index (χ1) is 11.5. The van der Waals surface area contributed by atoms with Crippen molar-refractivity contribution >= 4 is 5.97 Å². The summed E-state index contributed by atoms with van der Waals surface area (Å²) in [6, 6.07) is 17.3. The summed E-state index contributed by atoms with van der Waals surface area (Å²) in [6.07, 6.45) is 2.14. The third-order valence-corrected chi connectivity index (χ3v) is 4.99. The summed E-state index contributed by atoms with van der Waals surface area (Å²) in [5.41, 5.74) is 5.44. The summed E-state index contributed by atoms with van der Waals surface area (Å²) < 4.78 is 0. The molecule has 25 heavy (non-hydrogen) atoms. The molecule has 0 fully saturated rings. The van der Waals surface area contributed by atoms with Gasteiger partial charge >= 0.3 is 29.6 Å². The molecule has 3 rings (SSSR count). The Kier molecular flexibility index (Phi) is 7.26. The third-order valence-electron chi connectivity index (χ3n) is 4.99. The van der Waals surface area contributed by atoms with Crippen molar-refractivity contribution in [1.29, 1.82) is 0 Å². The van der Waals surface area contributed by atoms with Crippen molar-refractivity contribution in [3.8, 4) is 0 Å². The molecule has 0 N–H and O–H groups in total. The average Bonchev–Trinajstić information content (AvgIpc) is 2.54. The Morgan fingerprint density at radius 3 is 2.60 bits per heavy atom. The first-order valence-corrected chi connectivity index (χ1v) is 8.57. The van der Waals surface area contributed by atoms with E-state index in [9.17, 15) is 9.90 Å². The van der Waals surface area contributed by atoms with Crippen LogP contribution >= 0.6 is 0 Å². The molecule has 2 atom stereocenters. The van der Waals surface area contributed by atoms with E-state index >= 15 is 0 Å². The van der Waals surface area contributed by atoms with Gasteiger partial charge in [-0.2, -0.15) is 0 Å². The number of carboxylic acids is 1. The van der Waals surface area contributed by atoms with E-state index in [2.05, 4.69) is 49.4 Å². The Labute approximate surface area is 172 Å². The minimum absolute atomic E-state index is 0. The molecule has 1 aliphatic rings. The van der Waals surface area contributed by atoms with Crippen molar-refractivity contribution < 1.29 is 39.5 Å². The number of likely N-dealkylation sites (N-methyl/N-ethyl adjacent to an activating group) is 1. The zero-order valence-corrected chi connectivity index (χ0v) is 17.4. The van der Waals surface area contributed by atoms with E-state index < -0.39 is 5.97 Å². The molecule has 3 nitrogen and oxygen atoms in total. The number of nitrogens with zero attached hydrogens (tertiary/aromatic N) is 1. The normalized spacial score (nSPS) is 19.2. The quantitative estimate of drug-likeness (QED) is 0.678. The molecule has 126 valence electrons. The number of aliphatic carboxylic acids is 1. The van der Waals surface area contributed by atoms with Crippen LogP contribution in [-0.2, 0) is 11.2 Å². The summed E-state index contributed by atoms with van der Waals surface area (Å²) >= 11 is 0. The van der Waals surface area contributed by atoms with Crippen LogP contribution in [0.15, 0.2) is 48.5 Å². The predicted octanol–water partition coefficient (Wildman–Crippen LogP) is -0.625. The number of hydrogen-bond donors (Lipinski definition) is 0. The first kappa shape index (κ1) is 20.2. The van der Waals surface area contributed by atoms with Crippen molar-refractivity contribution in [1.82, 2.24) is 4.90 Å². The molecular weight excluding hydrogens is 321 g/mol. The summed E-state index contributed by atoms with van der Waals surface area (Å²) in [5.74, 6) is -0.285. The van der Waals surface area contributed by atoms with E-state index in [-0.39, 0.29) is 36.1 Å². The van der Waals surface area contributed by atoms with Crippen LogP contribution < -0.4 is 34.7 Å². The molecular formula is C21H24NNaO2. The zero-order chi connectivity index (χ0) is 17.1. The summed E-state index contributed by atoms with van der Waals surface area (Å²) in [5, 5.41) is 10.9. The Hall–Kier alpha value is -1.13. The Morgan fingerprint density at radius 2 is 1.92 bits per heavy atom. The maximum Gasteiger partial charge on any atom is 1.00 e. The van der Waals surface area contributed by atoms with Crippen molar-refractivity contribution in [2.45, 2.75) is 25.7 Å². The molecule has 2 aromatic rings. The van der Waals surface area contributed by atoms with Crippen LogP contribution in [0.4, 0.5) is 0 Å². The van der Waals surface area contributed by atoms with Crippen LogP contribution in [0.1, 0.15) is 34.6 Å². The fourth-order valence-corrected chi connectivity index (χ4v) is 4.01. The van der Waals surface area contributed by atoms with Gasteiger partial charge in [-0.25, -0.2) is 0 Å². The van der Waals surface area contributed by atoms with E-state index in [0.717, 1.165) is 19.4 Å². The molecule has 0 saturated carbocycles. The number of rotatable bonds is 5. The number of carbonyl (C=O) groups excluding carboxylic acids is 1. The Bertz CT molecular complexity index is 717. The van der Waals surface area contributed by atoms with Gasteiger partial charge in [-0.1, -0.05) is 54.1 Å². The molecule has 0 unspecified atom stereocenters. The van der Waals surface area contributed by atoms with E-state index in [4.69, 9.17) is 0 Å². The number of aryl methyl sites for hydroxylation is 2. The fraction of sp³-hybridized carbons (Fsp3) is 0.381. The molecule has 4 heteroatoms.